The SMILES string of the molecule is CNC(=O)OCC1=CC=C(OC)CC1. The molecule has 0 saturated heterocycles. The van der Waals surface area contributed by atoms with Gasteiger partial charge in [-0.3, -0.25) is 0 Å². The van der Waals surface area contributed by atoms with Crippen molar-refractivity contribution in [2.45, 2.75) is 12.8 Å². The van der Waals surface area contributed by atoms with Crippen molar-refractivity contribution < 1.29 is 14.3 Å². The van der Waals surface area contributed by atoms with Crippen LogP contribution < -0.4 is 5.32 Å². The van der Waals surface area contributed by atoms with E-state index in [4.69, 9.17) is 9.47 Å². The van der Waals surface area contributed by atoms with Crippen molar-refractivity contribution in [2.75, 3.05) is 20.8 Å². The number of allylic oxidation sites excluding steroid dienone is 3. The van der Waals surface area contributed by atoms with Crippen LogP contribution in [-0.2, 0) is 9.47 Å². The molecule has 0 aliphatic heterocycles. The van der Waals surface area contributed by atoms with Crippen LogP contribution >= 0.6 is 0 Å². The third-order valence-electron chi connectivity index (χ3n) is 2.05. The maximum atomic E-state index is 10.8. The predicted octanol–water partition coefficient (Wildman–Crippen LogP) is 1.59. The molecule has 1 amide bonds. The molecular formula is C10H15NO3. The highest BCUT2D eigenvalue weighted by Gasteiger charge is 2.07. The van der Waals surface area contributed by atoms with Gasteiger partial charge >= 0.3 is 6.09 Å². The van der Waals surface area contributed by atoms with Crippen molar-refractivity contribution in [2.24, 2.45) is 0 Å². The number of hydrogen-bond acceptors (Lipinski definition) is 3. The van der Waals surface area contributed by atoms with Gasteiger partial charge < -0.3 is 14.8 Å². The third-order valence-corrected chi connectivity index (χ3v) is 2.05. The molecule has 0 heterocycles. The van der Waals surface area contributed by atoms with Gasteiger partial charge in [0.25, 0.3) is 0 Å². The van der Waals surface area contributed by atoms with E-state index in [0.29, 0.717) is 6.61 Å². The van der Waals surface area contributed by atoms with Crippen LogP contribution in [0, 0.1) is 0 Å². The zero-order valence-electron chi connectivity index (χ0n) is 8.50. The first kappa shape index (κ1) is 10.6. The molecule has 4 heteroatoms. The second kappa shape index (κ2) is 5.32. The van der Waals surface area contributed by atoms with E-state index >= 15 is 0 Å². The van der Waals surface area contributed by atoms with Crippen molar-refractivity contribution in [3.05, 3.63) is 23.5 Å². The van der Waals surface area contributed by atoms with E-state index in [1.165, 1.54) is 0 Å². The van der Waals surface area contributed by atoms with Crippen LogP contribution in [0.1, 0.15) is 12.8 Å². The summed E-state index contributed by atoms with van der Waals surface area (Å²) in [7, 11) is 3.20. The van der Waals surface area contributed by atoms with E-state index in [2.05, 4.69) is 5.32 Å². The molecule has 1 aliphatic carbocycles. The summed E-state index contributed by atoms with van der Waals surface area (Å²) in [6, 6.07) is 0. The van der Waals surface area contributed by atoms with Crippen molar-refractivity contribution in [3.8, 4) is 0 Å². The van der Waals surface area contributed by atoms with Crippen LogP contribution in [0.3, 0.4) is 0 Å². The van der Waals surface area contributed by atoms with E-state index in [-0.39, 0.29) is 0 Å². The van der Waals surface area contributed by atoms with E-state index in [1.807, 2.05) is 12.2 Å². The summed E-state index contributed by atoms with van der Waals surface area (Å²) in [4.78, 5) is 10.8. The number of ether oxygens (including phenoxy) is 2. The molecule has 1 aliphatic rings. The summed E-state index contributed by atoms with van der Waals surface area (Å²) in [5, 5.41) is 2.40. The van der Waals surface area contributed by atoms with Crippen LogP contribution in [-0.4, -0.2) is 26.9 Å². The van der Waals surface area contributed by atoms with Crippen LogP contribution in [0.5, 0.6) is 0 Å². The summed E-state index contributed by atoms with van der Waals surface area (Å²) >= 11 is 0. The smallest absolute Gasteiger partial charge is 0.407 e. The maximum absolute atomic E-state index is 10.8. The fraction of sp³-hybridized carbons (Fsp3) is 0.500. The molecule has 0 saturated carbocycles. The van der Waals surface area contributed by atoms with Gasteiger partial charge in [-0.2, -0.15) is 0 Å². The third kappa shape index (κ3) is 3.12. The van der Waals surface area contributed by atoms with Crippen LogP contribution in [0.2, 0.25) is 0 Å². The number of alkyl carbamates (subject to hydrolysis) is 1. The molecule has 0 bridgehead atoms. The molecule has 0 aromatic carbocycles. The zero-order chi connectivity index (χ0) is 10.4. The first-order valence-corrected chi connectivity index (χ1v) is 4.53. The second-order valence-corrected chi connectivity index (χ2v) is 2.99. The zero-order valence-corrected chi connectivity index (χ0v) is 8.50. The normalized spacial score (nSPS) is 15.3. The number of amides is 1. The average molecular weight is 197 g/mol. The molecule has 0 atom stereocenters. The summed E-state index contributed by atoms with van der Waals surface area (Å²) in [5.74, 6) is 0.966. The lowest BCUT2D eigenvalue weighted by molar-refractivity contribution is 0.157. The molecule has 0 unspecified atom stereocenters. The molecule has 0 fully saturated rings. The minimum atomic E-state index is -0.396. The average Bonchev–Trinajstić information content (AvgIpc) is 2.26. The maximum Gasteiger partial charge on any atom is 0.407 e. The molecular weight excluding hydrogens is 182 g/mol. The topological polar surface area (TPSA) is 47.6 Å². The van der Waals surface area contributed by atoms with Crippen LogP contribution in [0.25, 0.3) is 0 Å². The lowest BCUT2D eigenvalue weighted by Gasteiger charge is -2.13. The van der Waals surface area contributed by atoms with Crippen LogP contribution in [0.15, 0.2) is 23.5 Å². The fourth-order valence-corrected chi connectivity index (χ4v) is 1.18. The van der Waals surface area contributed by atoms with Gasteiger partial charge in [-0.05, 0) is 18.1 Å². The molecule has 0 aromatic rings. The first-order valence-electron chi connectivity index (χ1n) is 4.53. The highest BCUT2D eigenvalue weighted by Crippen LogP contribution is 2.18. The molecule has 0 spiro atoms. The summed E-state index contributed by atoms with van der Waals surface area (Å²) in [6.45, 7) is 0.354. The Labute approximate surface area is 83.6 Å². The quantitative estimate of drug-likeness (QED) is 0.747. The number of carbonyl (C=O) groups is 1. The van der Waals surface area contributed by atoms with Crippen molar-refractivity contribution in [1.29, 1.82) is 0 Å². The molecule has 0 radical (unpaired) electrons. The van der Waals surface area contributed by atoms with E-state index in [0.717, 1.165) is 24.2 Å². The van der Waals surface area contributed by atoms with E-state index in [9.17, 15) is 4.79 Å². The standard InChI is InChI=1S/C10H15NO3/c1-11-10(12)14-7-8-3-5-9(13-2)6-4-8/h3,5H,4,6-7H2,1-2H3,(H,11,12). The van der Waals surface area contributed by atoms with Gasteiger partial charge in [-0.1, -0.05) is 6.08 Å². The summed E-state index contributed by atoms with van der Waals surface area (Å²) in [6.07, 6.45) is 5.21. The number of hydrogen-bond donors (Lipinski definition) is 1. The van der Waals surface area contributed by atoms with Crippen molar-refractivity contribution >= 4 is 6.09 Å². The van der Waals surface area contributed by atoms with Crippen molar-refractivity contribution in [1.82, 2.24) is 5.32 Å². The Morgan fingerprint density at radius 1 is 1.50 bits per heavy atom. The lowest BCUT2D eigenvalue weighted by atomic mass is 10.0. The Morgan fingerprint density at radius 2 is 2.29 bits per heavy atom. The molecule has 1 rings (SSSR count). The number of methoxy groups -OCH3 is 1. The predicted molar refractivity (Wildman–Crippen MR) is 52.8 cm³/mol. The summed E-state index contributed by atoms with van der Waals surface area (Å²) < 4.78 is 9.99. The highest BCUT2D eigenvalue weighted by atomic mass is 16.5. The Bertz CT molecular complexity index is 269. The minimum absolute atomic E-state index is 0.354. The number of rotatable bonds is 3. The Hall–Kier alpha value is -1.45. The Kier molecular flexibility index (Phi) is 4.04. The molecule has 14 heavy (non-hydrogen) atoms. The van der Waals surface area contributed by atoms with Crippen LogP contribution in [0.4, 0.5) is 4.79 Å². The van der Waals surface area contributed by atoms with E-state index in [1.54, 1.807) is 14.2 Å². The molecule has 78 valence electrons. The van der Waals surface area contributed by atoms with Gasteiger partial charge in [0.1, 0.15) is 6.61 Å². The van der Waals surface area contributed by atoms with E-state index < -0.39 is 6.09 Å². The largest absolute Gasteiger partial charge is 0.501 e. The van der Waals surface area contributed by atoms with Gasteiger partial charge in [-0.25, -0.2) is 4.79 Å². The molecule has 4 nitrogen and oxygen atoms in total. The van der Waals surface area contributed by atoms with Gasteiger partial charge in [-0.15, -0.1) is 0 Å². The van der Waals surface area contributed by atoms with Gasteiger partial charge in [0.05, 0.1) is 12.9 Å². The first-order chi connectivity index (χ1) is 6.76. The van der Waals surface area contributed by atoms with Gasteiger partial charge in [0.2, 0.25) is 0 Å². The monoisotopic (exact) mass is 197 g/mol. The second-order valence-electron chi connectivity index (χ2n) is 2.99. The molecule has 0 aromatic heterocycles. The fourth-order valence-electron chi connectivity index (χ4n) is 1.18. The number of nitrogens with one attached hydrogen (secondary N) is 1. The lowest BCUT2D eigenvalue weighted by Crippen LogP contribution is -2.20. The van der Waals surface area contributed by atoms with Crippen molar-refractivity contribution in [3.63, 3.8) is 0 Å². The molecule has 1 N–H and O–H groups in total. The Morgan fingerprint density at radius 3 is 2.79 bits per heavy atom. The van der Waals surface area contributed by atoms with Gasteiger partial charge in [0, 0.05) is 13.5 Å². The minimum Gasteiger partial charge on any atom is -0.501 e. The summed E-state index contributed by atoms with van der Waals surface area (Å²) in [5.41, 5.74) is 1.11. The van der Waals surface area contributed by atoms with Gasteiger partial charge in [0.15, 0.2) is 0 Å². The number of carbonyl (C=O) groups excluding carboxylic acids is 1. The Balaban J connectivity index is 2.37. The highest BCUT2D eigenvalue weighted by molar-refractivity contribution is 5.66.